The van der Waals surface area contributed by atoms with E-state index in [0.29, 0.717) is 15.9 Å². The van der Waals surface area contributed by atoms with Gasteiger partial charge in [0.05, 0.1) is 12.6 Å². The number of aliphatic hydroxyl groups is 2. The highest BCUT2D eigenvalue weighted by Crippen LogP contribution is 2.23. The van der Waals surface area contributed by atoms with Crippen LogP contribution in [0.15, 0.2) is 39.0 Å². The minimum absolute atomic E-state index is 0.00925. The zero-order chi connectivity index (χ0) is 21.8. The number of hydrogen-bond acceptors (Lipinski definition) is 7. The third-order valence-corrected chi connectivity index (χ3v) is 5.93. The summed E-state index contributed by atoms with van der Waals surface area (Å²) < 4.78 is 8.29. The first-order valence-corrected chi connectivity index (χ1v) is 10.8. The van der Waals surface area contributed by atoms with Crippen molar-refractivity contribution < 1.29 is 14.9 Å². The lowest BCUT2D eigenvalue weighted by molar-refractivity contribution is 0.0913. The van der Waals surface area contributed by atoms with Gasteiger partial charge in [-0.25, -0.2) is 9.78 Å². The second kappa shape index (κ2) is 9.88. The first-order valence-electron chi connectivity index (χ1n) is 8.93. The number of hydrogen-bond donors (Lipinski definition) is 3. The Labute approximate surface area is 185 Å². The van der Waals surface area contributed by atoms with Crippen molar-refractivity contribution in [3.05, 3.63) is 50.1 Å². The Bertz CT molecular complexity index is 1130. The topological polar surface area (TPSA) is 122 Å². The zero-order valence-electron chi connectivity index (χ0n) is 15.9. The predicted molar refractivity (Wildman–Crippen MR) is 116 cm³/mol. The number of nitrogens with one attached hydrogen (secondary N) is 1. The molecule has 0 fully saturated rings. The SMILES string of the molecule is Cn1c(=O)[nH]c(=O)c2c1nc(SC[C@@H](O)CCl)n2C[C@H](O)COc1ccc(Cl)cc1. The van der Waals surface area contributed by atoms with Gasteiger partial charge in [0.1, 0.15) is 18.5 Å². The van der Waals surface area contributed by atoms with Gasteiger partial charge in [0.15, 0.2) is 16.3 Å². The van der Waals surface area contributed by atoms with Crippen LogP contribution in [0.5, 0.6) is 5.75 Å². The van der Waals surface area contributed by atoms with Gasteiger partial charge in [0.25, 0.3) is 5.56 Å². The van der Waals surface area contributed by atoms with E-state index in [1.165, 1.54) is 27.9 Å². The van der Waals surface area contributed by atoms with Gasteiger partial charge >= 0.3 is 5.69 Å². The van der Waals surface area contributed by atoms with Crippen molar-refractivity contribution in [2.75, 3.05) is 18.2 Å². The number of benzene rings is 1. The Kier molecular flexibility index (Phi) is 7.48. The zero-order valence-corrected chi connectivity index (χ0v) is 18.2. The Morgan fingerprint density at radius 2 is 1.93 bits per heavy atom. The monoisotopic (exact) mass is 474 g/mol. The predicted octanol–water partition coefficient (Wildman–Crippen LogP) is 1.21. The quantitative estimate of drug-likeness (QED) is 0.314. The van der Waals surface area contributed by atoms with Gasteiger partial charge in [0, 0.05) is 23.7 Å². The molecule has 3 rings (SSSR count). The smallest absolute Gasteiger partial charge is 0.329 e. The average Bonchev–Trinajstić information content (AvgIpc) is 3.08. The second-order valence-electron chi connectivity index (χ2n) is 6.53. The summed E-state index contributed by atoms with van der Waals surface area (Å²) in [5, 5.41) is 21.2. The molecule has 0 saturated carbocycles. The molecule has 3 N–H and O–H groups in total. The number of nitrogens with zero attached hydrogens (tertiary/aromatic N) is 3. The fraction of sp³-hybridized carbons (Fsp3) is 0.389. The van der Waals surface area contributed by atoms with E-state index in [1.54, 1.807) is 24.3 Å². The lowest BCUT2D eigenvalue weighted by Gasteiger charge is -2.15. The molecule has 2 aromatic heterocycles. The molecule has 9 nitrogen and oxygen atoms in total. The molecule has 0 aliphatic heterocycles. The molecule has 0 amide bonds. The van der Waals surface area contributed by atoms with Gasteiger partial charge in [0.2, 0.25) is 0 Å². The maximum absolute atomic E-state index is 12.4. The maximum Gasteiger partial charge on any atom is 0.329 e. The maximum atomic E-state index is 12.4. The number of fused-ring (bicyclic) bond motifs is 1. The minimum Gasteiger partial charge on any atom is -0.491 e. The van der Waals surface area contributed by atoms with E-state index in [0.717, 1.165) is 0 Å². The third kappa shape index (κ3) is 5.19. The third-order valence-electron chi connectivity index (χ3n) is 4.20. The molecule has 2 atom stereocenters. The number of aryl methyl sites for hydroxylation is 1. The van der Waals surface area contributed by atoms with Crippen molar-refractivity contribution in [2.24, 2.45) is 7.05 Å². The van der Waals surface area contributed by atoms with Crippen LogP contribution >= 0.6 is 35.0 Å². The summed E-state index contributed by atoms with van der Waals surface area (Å²) in [7, 11) is 1.49. The van der Waals surface area contributed by atoms with Crippen LogP contribution in [0.1, 0.15) is 0 Å². The van der Waals surface area contributed by atoms with Crippen molar-refractivity contribution in [3.63, 3.8) is 0 Å². The molecule has 162 valence electrons. The molecule has 3 aromatic rings. The van der Waals surface area contributed by atoms with Crippen LogP contribution in [0.2, 0.25) is 5.02 Å². The first-order chi connectivity index (χ1) is 14.3. The second-order valence-corrected chi connectivity index (χ2v) is 8.27. The molecule has 1 aromatic carbocycles. The van der Waals surface area contributed by atoms with E-state index in [1.807, 2.05) is 0 Å². The average molecular weight is 475 g/mol. The van der Waals surface area contributed by atoms with Crippen molar-refractivity contribution in [3.8, 4) is 5.75 Å². The molecule has 12 heteroatoms. The highest BCUT2D eigenvalue weighted by atomic mass is 35.5. The number of H-pyrrole nitrogens is 1. The first kappa shape index (κ1) is 22.7. The molecule has 0 unspecified atom stereocenters. The van der Waals surface area contributed by atoms with Gasteiger partial charge in [-0.05, 0) is 24.3 Å². The van der Waals surface area contributed by atoms with Crippen LogP contribution < -0.4 is 16.0 Å². The summed E-state index contributed by atoms with van der Waals surface area (Å²) in [5.41, 5.74) is -0.889. The van der Waals surface area contributed by atoms with Crippen LogP contribution in [-0.2, 0) is 13.6 Å². The van der Waals surface area contributed by atoms with Crippen LogP contribution in [0, 0.1) is 0 Å². The van der Waals surface area contributed by atoms with Crippen molar-refractivity contribution in [1.82, 2.24) is 19.1 Å². The van der Waals surface area contributed by atoms with Gasteiger partial charge in [-0.2, -0.15) is 0 Å². The van der Waals surface area contributed by atoms with Gasteiger partial charge in [-0.1, -0.05) is 23.4 Å². The Hall–Kier alpha value is -1.98. The lowest BCUT2D eigenvalue weighted by Crippen LogP contribution is -2.30. The van der Waals surface area contributed by atoms with E-state index in [9.17, 15) is 19.8 Å². The number of aromatic nitrogens is 4. The molecular formula is C18H20Cl2N4O5S. The summed E-state index contributed by atoms with van der Waals surface area (Å²) in [6.45, 7) is -0.0515. The number of rotatable bonds is 9. The van der Waals surface area contributed by atoms with Crippen LogP contribution in [0.4, 0.5) is 0 Å². The minimum atomic E-state index is -0.980. The van der Waals surface area contributed by atoms with E-state index >= 15 is 0 Å². The number of imidazole rings is 1. The van der Waals surface area contributed by atoms with Crippen LogP contribution in [0.25, 0.3) is 11.2 Å². The van der Waals surface area contributed by atoms with E-state index in [-0.39, 0.29) is 35.9 Å². The molecule has 2 heterocycles. The number of ether oxygens (including phenoxy) is 1. The van der Waals surface area contributed by atoms with E-state index in [2.05, 4.69) is 9.97 Å². The Morgan fingerprint density at radius 1 is 1.23 bits per heavy atom. The summed E-state index contributed by atoms with van der Waals surface area (Å²) in [6.07, 6.45) is -1.75. The molecule has 0 aliphatic carbocycles. The lowest BCUT2D eigenvalue weighted by atomic mass is 10.3. The largest absolute Gasteiger partial charge is 0.491 e. The summed E-state index contributed by atoms with van der Waals surface area (Å²) >= 11 is 12.7. The van der Waals surface area contributed by atoms with Gasteiger partial charge in [-0.3, -0.25) is 14.3 Å². The fourth-order valence-electron chi connectivity index (χ4n) is 2.70. The molecule has 0 aliphatic rings. The van der Waals surface area contributed by atoms with Gasteiger partial charge in [-0.15, -0.1) is 11.6 Å². The fourth-order valence-corrected chi connectivity index (χ4v) is 3.99. The standard InChI is InChI=1S/C18H20Cl2N4O5S/c1-23-15-14(16(27)22-17(23)28)24(18(21-15)30-9-11(25)6-19)7-12(26)8-29-13-4-2-10(20)3-5-13/h2-5,11-12,25-26H,6-9H2,1H3,(H,22,27,28)/t11-,12-/m0/s1. The normalized spacial score (nSPS) is 13.5. The summed E-state index contributed by atoms with van der Waals surface area (Å²) in [4.78, 5) is 30.9. The Morgan fingerprint density at radius 3 is 2.60 bits per heavy atom. The van der Waals surface area contributed by atoms with E-state index < -0.39 is 23.5 Å². The number of aromatic amines is 1. The number of halogens is 2. The molecular weight excluding hydrogens is 455 g/mol. The summed E-state index contributed by atoms with van der Waals surface area (Å²) in [5.74, 6) is 0.814. The van der Waals surface area contributed by atoms with Crippen molar-refractivity contribution >= 4 is 46.1 Å². The highest BCUT2D eigenvalue weighted by Gasteiger charge is 2.21. The van der Waals surface area contributed by atoms with E-state index in [4.69, 9.17) is 27.9 Å². The molecule has 0 bridgehead atoms. The number of alkyl halides is 1. The van der Waals surface area contributed by atoms with Crippen LogP contribution in [0.3, 0.4) is 0 Å². The highest BCUT2D eigenvalue weighted by molar-refractivity contribution is 7.99. The molecule has 0 saturated heterocycles. The number of thioether (sulfide) groups is 1. The van der Waals surface area contributed by atoms with Gasteiger partial charge < -0.3 is 19.5 Å². The van der Waals surface area contributed by atoms with Crippen molar-refractivity contribution in [1.29, 1.82) is 0 Å². The summed E-state index contributed by atoms with van der Waals surface area (Å²) in [6, 6.07) is 6.70. The molecule has 30 heavy (non-hydrogen) atoms. The Balaban J connectivity index is 1.87. The van der Waals surface area contributed by atoms with Crippen molar-refractivity contribution in [2.45, 2.75) is 23.9 Å². The number of aliphatic hydroxyl groups excluding tert-OH is 2. The van der Waals surface area contributed by atoms with Crippen LogP contribution in [-0.4, -0.2) is 59.8 Å². The molecule has 0 spiro atoms. The molecule has 0 radical (unpaired) electrons.